The van der Waals surface area contributed by atoms with Crippen molar-refractivity contribution in [2.24, 2.45) is 0 Å². The van der Waals surface area contributed by atoms with Gasteiger partial charge < -0.3 is 0 Å². The molecule has 0 spiro atoms. The number of amides is 1. The van der Waals surface area contributed by atoms with Crippen molar-refractivity contribution >= 4 is 43.5 Å². The van der Waals surface area contributed by atoms with Crippen molar-refractivity contribution in [1.29, 1.82) is 5.26 Å². The molecule has 1 aliphatic heterocycles. The van der Waals surface area contributed by atoms with Gasteiger partial charge in [0.1, 0.15) is 6.04 Å². The second-order valence-corrected chi connectivity index (χ2v) is 7.06. The standard InChI is InChI=1S/C17H12Br2N2O/c18-15-12-8-4-5-9-13(12)21(14(10-20)16(15)19)17(22)11-6-2-1-3-7-11/h1-9,14-16H/t14-,15-,16-/m1/s1. The maximum Gasteiger partial charge on any atom is 0.259 e. The Hall–Kier alpha value is -1.64. The normalized spacial score (nSPS) is 23.5. The molecule has 3 rings (SSSR count). The van der Waals surface area contributed by atoms with E-state index in [9.17, 15) is 10.1 Å². The van der Waals surface area contributed by atoms with Crippen LogP contribution in [-0.4, -0.2) is 16.8 Å². The van der Waals surface area contributed by atoms with Gasteiger partial charge in [0.15, 0.2) is 0 Å². The van der Waals surface area contributed by atoms with Crippen LogP contribution >= 0.6 is 31.9 Å². The summed E-state index contributed by atoms with van der Waals surface area (Å²) in [5.74, 6) is -0.163. The molecule has 5 heteroatoms. The molecule has 0 aliphatic carbocycles. The van der Waals surface area contributed by atoms with Gasteiger partial charge in [-0.25, -0.2) is 0 Å². The zero-order valence-corrected chi connectivity index (χ0v) is 14.7. The van der Waals surface area contributed by atoms with E-state index >= 15 is 0 Å². The molecular weight excluding hydrogens is 408 g/mol. The van der Waals surface area contributed by atoms with Crippen molar-refractivity contribution in [2.45, 2.75) is 15.7 Å². The van der Waals surface area contributed by atoms with Crippen LogP contribution in [0.4, 0.5) is 5.69 Å². The van der Waals surface area contributed by atoms with E-state index in [1.165, 1.54) is 0 Å². The minimum atomic E-state index is -0.577. The molecule has 1 aliphatic rings. The second kappa shape index (κ2) is 6.23. The quantitative estimate of drug-likeness (QED) is 0.641. The van der Waals surface area contributed by atoms with Gasteiger partial charge in [-0.05, 0) is 23.8 Å². The van der Waals surface area contributed by atoms with E-state index < -0.39 is 6.04 Å². The summed E-state index contributed by atoms with van der Waals surface area (Å²) in [7, 11) is 0. The lowest BCUT2D eigenvalue weighted by molar-refractivity contribution is 0.0979. The topological polar surface area (TPSA) is 44.1 Å². The SMILES string of the molecule is N#C[C@@H]1[C@@H](Br)[C@H](Br)c2ccccc2N1C(=O)c1ccccc1. The van der Waals surface area contributed by atoms with Crippen LogP contribution in [0.5, 0.6) is 0 Å². The van der Waals surface area contributed by atoms with Crippen molar-refractivity contribution in [3.63, 3.8) is 0 Å². The van der Waals surface area contributed by atoms with E-state index in [1.807, 2.05) is 42.5 Å². The molecular formula is C17H12Br2N2O. The summed E-state index contributed by atoms with van der Waals surface area (Å²) < 4.78 is 0. The molecule has 3 atom stereocenters. The number of alkyl halides is 2. The second-order valence-electron chi connectivity index (χ2n) is 5.02. The number of para-hydroxylation sites is 1. The minimum Gasteiger partial charge on any atom is -0.290 e. The number of carbonyl (C=O) groups is 1. The van der Waals surface area contributed by atoms with Crippen LogP contribution in [0.15, 0.2) is 54.6 Å². The summed E-state index contributed by atoms with van der Waals surface area (Å²) in [6.07, 6.45) is 0. The maximum atomic E-state index is 12.9. The Morgan fingerprint density at radius 2 is 1.68 bits per heavy atom. The maximum absolute atomic E-state index is 12.9. The summed E-state index contributed by atoms with van der Waals surface area (Å²) in [4.78, 5) is 14.3. The number of anilines is 1. The summed E-state index contributed by atoms with van der Waals surface area (Å²) >= 11 is 7.20. The lowest BCUT2D eigenvalue weighted by Gasteiger charge is -2.39. The van der Waals surface area contributed by atoms with Gasteiger partial charge in [0, 0.05) is 11.3 Å². The van der Waals surface area contributed by atoms with Gasteiger partial charge in [-0.1, -0.05) is 68.3 Å². The summed E-state index contributed by atoms with van der Waals surface area (Å²) in [5.41, 5.74) is 2.35. The van der Waals surface area contributed by atoms with Crippen molar-refractivity contribution < 1.29 is 4.79 Å². The number of hydrogen-bond acceptors (Lipinski definition) is 2. The van der Waals surface area contributed by atoms with Gasteiger partial charge in [-0.2, -0.15) is 5.26 Å². The number of carbonyl (C=O) groups excluding carboxylic acids is 1. The predicted octanol–water partition coefficient (Wildman–Crippen LogP) is 4.44. The van der Waals surface area contributed by atoms with Gasteiger partial charge in [0.25, 0.3) is 5.91 Å². The van der Waals surface area contributed by atoms with Crippen LogP contribution in [0, 0.1) is 11.3 Å². The molecule has 110 valence electrons. The molecule has 2 aromatic carbocycles. The smallest absolute Gasteiger partial charge is 0.259 e. The number of fused-ring (bicyclic) bond motifs is 1. The number of halogens is 2. The molecule has 22 heavy (non-hydrogen) atoms. The van der Waals surface area contributed by atoms with Crippen LogP contribution in [0.3, 0.4) is 0 Å². The Bertz CT molecular complexity index is 742. The monoisotopic (exact) mass is 418 g/mol. The molecule has 1 amide bonds. The Morgan fingerprint density at radius 3 is 2.36 bits per heavy atom. The number of benzene rings is 2. The van der Waals surface area contributed by atoms with E-state index in [0.717, 1.165) is 11.3 Å². The lowest BCUT2D eigenvalue weighted by atomic mass is 9.95. The number of nitrogens with zero attached hydrogens (tertiary/aromatic N) is 2. The molecule has 0 saturated carbocycles. The predicted molar refractivity (Wildman–Crippen MR) is 93.5 cm³/mol. The first-order chi connectivity index (χ1) is 10.6. The van der Waals surface area contributed by atoms with Crippen molar-refractivity contribution in [2.75, 3.05) is 4.90 Å². The molecule has 0 bridgehead atoms. The fraction of sp³-hybridized carbons (Fsp3) is 0.176. The molecule has 0 unspecified atom stereocenters. The Kier molecular flexibility index (Phi) is 4.32. The molecule has 0 saturated heterocycles. The third-order valence-electron chi connectivity index (χ3n) is 3.72. The van der Waals surface area contributed by atoms with Crippen LogP contribution < -0.4 is 4.90 Å². The molecule has 2 aromatic rings. The Morgan fingerprint density at radius 1 is 1.05 bits per heavy atom. The highest BCUT2D eigenvalue weighted by Crippen LogP contribution is 2.45. The van der Waals surface area contributed by atoms with Gasteiger partial charge in [-0.15, -0.1) is 0 Å². The number of nitriles is 1. The highest BCUT2D eigenvalue weighted by atomic mass is 79.9. The molecule has 1 heterocycles. The van der Waals surface area contributed by atoms with Crippen LogP contribution in [0.25, 0.3) is 0 Å². The molecule has 0 aromatic heterocycles. The highest BCUT2D eigenvalue weighted by Gasteiger charge is 2.41. The third-order valence-corrected chi connectivity index (χ3v) is 6.53. The van der Waals surface area contributed by atoms with Gasteiger partial charge >= 0.3 is 0 Å². The first-order valence-electron chi connectivity index (χ1n) is 6.80. The zero-order chi connectivity index (χ0) is 15.7. The van der Waals surface area contributed by atoms with E-state index in [0.29, 0.717) is 5.56 Å². The van der Waals surface area contributed by atoms with E-state index in [1.54, 1.807) is 17.0 Å². The van der Waals surface area contributed by atoms with Crippen LogP contribution in [0.1, 0.15) is 20.7 Å². The minimum absolute atomic E-state index is 0.0202. The lowest BCUT2D eigenvalue weighted by Crippen LogP contribution is -2.49. The third kappa shape index (κ3) is 2.47. The molecule has 0 fully saturated rings. The Labute approximate surface area is 145 Å². The van der Waals surface area contributed by atoms with Crippen molar-refractivity contribution in [3.05, 3.63) is 65.7 Å². The number of rotatable bonds is 1. The first kappa shape index (κ1) is 15.3. The average molecular weight is 420 g/mol. The Balaban J connectivity index is 2.14. The average Bonchev–Trinajstić information content (AvgIpc) is 2.58. The van der Waals surface area contributed by atoms with Gasteiger partial charge in [0.05, 0.1) is 15.7 Å². The highest BCUT2D eigenvalue weighted by molar-refractivity contribution is 9.12. The first-order valence-corrected chi connectivity index (χ1v) is 8.63. The van der Waals surface area contributed by atoms with E-state index in [-0.39, 0.29) is 15.6 Å². The fourth-order valence-corrected chi connectivity index (χ4v) is 3.96. The summed E-state index contributed by atoms with van der Waals surface area (Å²) in [5, 5.41) is 9.58. The van der Waals surface area contributed by atoms with Gasteiger partial charge in [0.2, 0.25) is 0 Å². The van der Waals surface area contributed by atoms with Gasteiger partial charge in [-0.3, -0.25) is 9.69 Å². The van der Waals surface area contributed by atoms with Crippen LogP contribution in [0.2, 0.25) is 0 Å². The molecule has 0 radical (unpaired) electrons. The molecule has 0 N–H and O–H groups in total. The fourth-order valence-electron chi connectivity index (χ4n) is 2.65. The zero-order valence-electron chi connectivity index (χ0n) is 11.5. The summed E-state index contributed by atoms with van der Waals surface area (Å²) in [6, 6.07) is 18.4. The summed E-state index contributed by atoms with van der Waals surface area (Å²) in [6.45, 7) is 0. The van der Waals surface area contributed by atoms with Crippen molar-refractivity contribution in [1.82, 2.24) is 0 Å². The van der Waals surface area contributed by atoms with Crippen LogP contribution in [-0.2, 0) is 0 Å². The van der Waals surface area contributed by atoms with E-state index in [4.69, 9.17) is 0 Å². The number of hydrogen-bond donors (Lipinski definition) is 0. The van der Waals surface area contributed by atoms with E-state index in [2.05, 4.69) is 37.9 Å². The molecule has 3 nitrogen and oxygen atoms in total. The van der Waals surface area contributed by atoms with Crippen molar-refractivity contribution in [3.8, 4) is 6.07 Å². The largest absolute Gasteiger partial charge is 0.290 e.